The molecule has 1 aromatic carbocycles. The number of ether oxygens (including phenoxy) is 1. The molecule has 0 aliphatic rings. The van der Waals surface area contributed by atoms with E-state index in [4.69, 9.17) is 4.74 Å². The number of benzene rings is 1. The maximum atomic E-state index is 5.80. The van der Waals surface area contributed by atoms with Crippen LogP contribution in [0.5, 0.6) is 5.75 Å². The predicted octanol–water partition coefficient (Wildman–Crippen LogP) is 3.49. The monoisotopic (exact) mass is 244 g/mol. The van der Waals surface area contributed by atoms with E-state index in [0.29, 0.717) is 6.61 Å². The molecule has 2 aromatic rings. The van der Waals surface area contributed by atoms with Crippen molar-refractivity contribution in [1.82, 2.24) is 9.78 Å². The molecule has 0 bridgehead atoms. The van der Waals surface area contributed by atoms with Gasteiger partial charge in [-0.15, -0.1) is 0 Å². The van der Waals surface area contributed by atoms with Crippen LogP contribution in [0, 0.1) is 13.8 Å². The van der Waals surface area contributed by atoms with Gasteiger partial charge in [0.25, 0.3) is 0 Å². The zero-order valence-corrected chi connectivity index (χ0v) is 11.3. The molecule has 0 saturated heterocycles. The molecule has 96 valence electrons. The van der Waals surface area contributed by atoms with Crippen molar-refractivity contribution in [2.75, 3.05) is 0 Å². The molecule has 0 aliphatic carbocycles. The molecular weight excluding hydrogens is 224 g/mol. The second-order valence-electron chi connectivity index (χ2n) is 4.60. The van der Waals surface area contributed by atoms with Crippen molar-refractivity contribution < 1.29 is 4.74 Å². The maximum absolute atomic E-state index is 5.80. The molecule has 0 amide bonds. The summed E-state index contributed by atoms with van der Waals surface area (Å²) in [6, 6.07) is 6.31. The first-order valence-corrected chi connectivity index (χ1v) is 6.41. The summed E-state index contributed by atoms with van der Waals surface area (Å²) in [4.78, 5) is 0. The fraction of sp³-hybridized carbons (Fsp3) is 0.400. The molecule has 18 heavy (non-hydrogen) atoms. The van der Waals surface area contributed by atoms with Crippen LogP contribution in [0.1, 0.15) is 30.0 Å². The third-order valence-corrected chi connectivity index (χ3v) is 3.09. The molecule has 2 rings (SSSR count). The lowest BCUT2D eigenvalue weighted by Gasteiger charge is -2.09. The fourth-order valence-electron chi connectivity index (χ4n) is 2.00. The SMILES string of the molecule is CCCn1cc(OCc2c(C)cccc2C)cn1. The van der Waals surface area contributed by atoms with E-state index in [2.05, 4.69) is 44.1 Å². The van der Waals surface area contributed by atoms with Crippen LogP contribution in [0.25, 0.3) is 0 Å². The lowest BCUT2D eigenvalue weighted by molar-refractivity contribution is 0.304. The first-order valence-electron chi connectivity index (χ1n) is 6.41. The number of hydrogen-bond donors (Lipinski definition) is 0. The van der Waals surface area contributed by atoms with Crippen molar-refractivity contribution in [3.05, 3.63) is 47.3 Å². The van der Waals surface area contributed by atoms with Crippen molar-refractivity contribution in [2.45, 2.75) is 40.3 Å². The summed E-state index contributed by atoms with van der Waals surface area (Å²) in [5, 5.41) is 4.25. The van der Waals surface area contributed by atoms with E-state index in [-0.39, 0.29) is 0 Å². The van der Waals surface area contributed by atoms with Gasteiger partial charge >= 0.3 is 0 Å². The Hall–Kier alpha value is -1.77. The smallest absolute Gasteiger partial charge is 0.157 e. The summed E-state index contributed by atoms with van der Waals surface area (Å²) < 4.78 is 7.71. The third-order valence-electron chi connectivity index (χ3n) is 3.09. The highest BCUT2D eigenvalue weighted by Crippen LogP contribution is 2.17. The van der Waals surface area contributed by atoms with E-state index in [0.717, 1.165) is 18.7 Å². The van der Waals surface area contributed by atoms with Crippen molar-refractivity contribution in [3.8, 4) is 5.75 Å². The summed E-state index contributed by atoms with van der Waals surface area (Å²) in [6.07, 6.45) is 4.82. The topological polar surface area (TPSA) is 27.1 Å². The minimum Gasteiger partial charge on any atom is -0.486 e. The van der Waals surface area contributed by atoms with Gasteiger partial charge in [0, 0.05) is 6.54 Å². The van der Waals surface area contributed by atoms with E-state index in [1.165, 1.54) is 16.7 Å². The van der Waals surface area contributed by atoms with Crippen LogP contribution in [-0.4, -0.2) is 9.78 Å². The van der Waals surface area contributed by atoms with Gasteiger partial charge in [-0.25, -0.2) is 0 Å². The van der Waals surface area contributed by atoms with Crippen molar-refractivity contribution >= 4 is 0 Å². The number of aryl methyl sites for hydroxylation is 3. The highest BCUT2D eigenvalue weighted by atomic mass is 16.5. The van der Waals surface area contributed by atoms with E-state index >= 15 is 0 Å². The Morgan fingerprint density at radius 3 is 2.61 bits per heavy atom. The minimum absolute atomic E-state index is 0.607. The molecule has 0 fully saturated rings. The van der Waals surface area contributed by atoms with Gasteiger partial charge in [-0.3, -0.25) is 4.68 Å². The molecule has 0 unspecified atom stereocenters. The first-order chi connectivity index (χ1) is 8.70. The van der Waals surface area contributed by atoms with Gasteiger partial charge in [-0.05, 0) is 37.0 Å². The molecule has 0 atom stereocenters. The Kier molecular flexibility index (Phi) is 4.03. The largest absolute Gasteiger partial charge is 0.486 e. The first kappa shape index (κ1) is 12.7. The lowest BCUT2D eigenvalue weighted by Crippen LogP contribution is -2.00. The van der Waals surface area contributed by atoms with Crippen LogP contribution >= 0.6 is 0 Å². The van der Waals surface area contributed by atoms with Crippen LogP contribution in [0.15, 0.2) is 30.6 Å². The normalized spacial score (nSPS) is 10.6. The van der Waals surface area contributed by atoms with Crippen LogP contribution in [0.4, 0.5) is 0 Å². The fourth-order valence-corrected chi connectivity index (χ4v) is 2.00. The lowest BCUT2D eigenvalue weighted by atomic mass is 10.0. The highest BCUT2D eigenvalue weighted by molar-refractivity contribution is 5.33. The van der Waals surface area contributed by atoms with Crippen LogP contribution in [-0.2, 0) is 13.2 Å². The van der Waals surface area contributed by atoms with Crippen molar-refractivity contribution in [1.29, 1.82) is 0 Å². The summed E-state index contributed by atoms with van der Waals surface area (Å²) in [5.41, 5.74) is 3.81. The molecule has 3 nitrogen and oxygen atoms in total. The molecule has 1 heterocycles. The molecule has 0 saturated carbocycles. The predicted molar refractivity (Wildman–Crippen MR) is 72.8 cm³/mol. The number of aromatic nitrogens is 2. The molecule has 1 aromatic heterocycles. The molecule has 0 N–H and O–H groups in total. The minimum atomic E-state index is 0.607. The standard InChI is InChI=1S/C15H20N2O/c1-4-8-17-10-14(9-16-17)18-11-15-12(2)6-5-7-13(15)3/h5-7,9-10H,4,8,11H2,1-3H3. The average Bonchev–Trinajstić information content (AvgIpc) is 2.77. The Morgan fingerprint density at radius 2 is 1.94 bits per heavy atom. The van der Waals surface area contributed by atoms with Crippen molar-refractivity contribution in [2.24, 2.45) is 0 Å². The van der Waals surface area contributed by atoms with E-state index < -0.39 is 0 Å². The van der Waals surface area contributed by atoms with Gasteiger partial charge in [-0.2, -0.15) is 5.10 Å². The van der Waals surface area contributed by atoms with Crippen LogP contribution in [0.2, 0.25) is 0 Å². The zero-order chi connectivity index (χ0) is 13.0. The van der Waals surface area contributed by atoms with E-state index in [1.807, 2.05) is 10.9 Å². The summed E-state index contributed by atoms with van der Waals surface area (Å²) >= 11 is 0. The summed E-state index contributed by atoms with van der Waals surface area (Å²) in [5.74, 6) is 0.839. The molecule has 0 radical (unpaired) electrons. The van der Waals surface area contributed by atoms with E-state index in [9.17, 15) is 0 Å². The number of hydrogen-bond acceptors (Lipinski definition) is 2. The Morgan fingerprint density at radius 1 is 1.22 bits per heavy atom. The van der Waals surface area contributed by atoms with Gasteiger partial charge in [0.15, 0.2) is 5.75 Å². The average molecular weight is 244 g/mol. The molecule has 0 aliphatic heterocycles. The van der Waals surface area contributed by atoms with Gasteiger partial charge < -0.3 is 4.74 Å². The Balaban J connectivity index is 2.02. The number of nitrogens with zero attached hydrogens (tertiary/aromatic N) is 2. The highest BCUT2D eigenvalue weighted by Gasteiger charge is 2.04. The second kappa shape index (κ2) is 5.71. The third kappa shape index (κ3) is 2.92. The second-order valence-corrected chi connectivity index (χ2v) is 4.60. The van der Waals surface area contributed by atoms with Crippen LogP contribution < -0.4 is 4.74 Å². The van der Waals surface area contributed by atoms with Crippen LogP contribution in [0.3, 0.4) is 0 Å². The van der Waals surface area contributed by atoms with E-state index in [1.54, 1.807) is 6.20 Å². The Labute approximate surface area is 108 Å². The van der Waals surface area contributed by atoms with Gasteiger partial charge in [0.1, 0.15) is 6.61 Å². The molecule has 0 spiro atoms. The Bertz CT molecular complexity index is 497. The zero-order valence-electron chi connectivity index (χ0n) is 11.3. The maximum Gasteiger partial charge on any atom is 0.157 e. The number of rotatable bonds is 5. The summed E-state index contributed by atoms with van der Waals surface area (Å²) in [7, 11) is 0. The van der Waals surface area contributed by atoms with Crippen molar-refractivity contribution in [3.63, 3.8) is 0 Å². The molecular formula is C15H20N2O. The van der Waals surface area contributed by atoms with Gasteiger partial charge in [0.2, 0.25) is 0 Å². The molecule has 3 heteroatoms. The van der Waals surface area contributed by atoms with Gasteiger partial charge in [-0.1, -0.05) is 25.1 Å². The quantitative estimate of drug-likeness (QED) is 0.805. The summed E-state index contributed by atoms with van der Waals surface area (Å²) in [6.45, 7) is 7.92. The van der Waals surface area contributed by atoms with Gasteiger partial charge in [0.05, 0.1) is 12.4 Å².